The lowest BCUT2D eigenvalue weighted by molar-refractivity contribution is 0.0969. The Bertz CT molecular complexity index is 702. The first-order valence-electron chi connectivity index (χ1n) is 8.66. The van der Waals surface area contributed by atoms with Crippen molar-refractivity contribution in [1.82, 2.24) is 15.1 Å². The first-order valence-corrected chi connectivity index (χ1v) is 9.86. The van der Waals surface area contributed by atoms with Crippen LogP contribution >= 0.6 is 28.1 Å². The van der Waals surface area contributed by atoms with Crippen molar-refractivity contribution in [3.63, 3.8) is 0 Å². The van der Waals surface area contributed by atoms with Gasteiger partial charge in [0.05, 0.1) is 17.1 Å². The Hall–Kier alpha value is -1.73. The van der Waals surface area contributed by atoms with E-state index in [9.17, 15) is 4.79 Å². The molecule has 1 aromatic carbocycles. The molecule has 7 nitrogen and oxygen atoms in total. The van der Waals surface area contributed by atoms with Crippen LogP contribution in [-0.2, 0) is 4.74 Å². The topological polar surface area (TPSA) is 77.8 Å². The Kier molecular flexibility index (Phi) is 8.94. The van der Waals surface area contributed by atoms with E-state index in [1.165, 1.54) is 0 Å². The number of nitrogens with zero attached hydrogens (tertiary/aromatic N) is 3. The number of piperazine rings is 1. The fourth-order valence-corrected chi connectivity index (χ4v) is 3.39. The number of amides is 1. The number of carbonyl (C=O) groups excluding carboxylic acids is 1. The highest BCUT2D eigenvalue weighted by molar-refractivity contribution is 9.10. The lowest BCUT2D eigenvalue weighted by Gasteiger charge is -2.35. The van der Waals surface area contributed by atoms with Crippen molar-refractivity contribution in [2.24, 2.45) is 0 Å². The minimum atomic E-state index is -0.254. The summed E-state index contributed by atoms with van der Waals surface area (Å²) in [6.45, 7) is 4.84. The molecule has 1 saturated heterocycles. The average molecular weight is 455 g/mol. The van der Waals surface area contributed by atoms with Crippen molar-refractivity contribution in [2.75, 3.05) is 53.0 Å². The monoisotopic (exact) mass is 454 g/mol. The van der Waals surface area contributed by atoms with Crippen LogP contribution in [0.1, 0.15) is 16.8 Å². The number of methoxy groups -OCH3 is 1. The van der Waals surface area contributed by atoms with Crippen LogP contribution in [0.3, 0.4) is 0 Å². The Morgan fingerprint density at radius 3 is 2.70 bits per heavy atom. The lowest BCUT2D eigenvalue weighted by Crippen LogP contribution is -2.52. The molecular weight excluding hydrogens is 432 g/mol. The van der Waals surface area contributed by atoms with E-state index in [2.05, 4.69) is 32.2 Å². The first kappa shape index (κ1) is 21.6. The van der Waals surface area contributed by atoms with Gasteiger partial charge in [-0.05, 0) is 46.3 Å². The van der Waals surface area contributed by atoms with Gasteiger partial charge in [0.25, 0.3) is 5.91 Å². The fraction of sp³-hybridized carbons (Fsp3) is 0.500. The second-order valence-corrected chi connectivity index (χ2v) is 7.22. The molecule has 0 unspecified atom stereocenters. The van der Waals surface area contributed by atoms with Crippen molar-refractivity contribution in [2.45, 2.75) is 6.42 Å². The molecule has 1 heterocycles. The zero-order valence-corrected chi connectivity index (χ0v) is 17.6. The summed E-state index contributed by atoms with van der Waals surface area (Å²) in [5.74, 6) is 0.399. The first-order chi connectivity index (χ1) is 13.0. The molecule has 1 aliphatic rings. The maximum absolute atomic E-state index is 12.5. The second kappa shape index (κ2) is 11.2. The highest BCUT2D eigenvalue weighted by atomic mass is 79.9. The predicted octanol–water partition coefficient (Wildman–Crippen LogP) is 2.02. The van der Waals surface area contributed by atoms with E-state index in [0.717, 1.165) is 32.7 Å². The smallest absolute Gasteiger partial charge is 0.257 e. The van der Waals surface area contributed by atoms with Gasteiger partial charge in [-0.3, -0.25) is 15.0 Å². The summed E-state index contributed by atoms with van der Waals surface area (Å²) in [5, 5.41) is 11.9. The molecule has 0 bridgehead atoms. The van der Waals surface area contributed by atoms with Crippen LogP contribution in [0, 0.1) is 11.3 Å². The zero-order valence-electron chi connectivity index (χ0n) is 15.2. The summed E-state index contributed by atoms with van der Waals surface area (Å²) in [6.07, 6.45) is 0.529. The number of hydrogen-bond acceptors (Lipinski definition) is 6. The maximum Gasteiger partial charge on any atom is 0.257 e. The number of thiocarbonyl (C=S) groups is 1. The van der Waals surface area contributed by atoms with Crippen LogP contribution in [0.25, 0.3) is 0 Å². The molecular formula is C18H23BrN4O3S. The SMILES string of the molecule is COCCOc1ccc(C(=O)NC(=S)N2CCN(CCC#N)CC2)cc1Br. The molecule has 27 heavy (non-hydrogen) atoms. The molecule has 9 heteroatoms. The van der Waals surface area contributed by atoms with Gasteiger partial charge in [0, 0.05) is 51.8 Å². The fourth-order valence-electron chi connectivity index (χ4n) is 2.63. The van der Waals surface area contributed by atoms with Crippen LogP contribution in [0.2, 0.25) is 0 Å². The predicted molar refractivity (Wildman–Crippen MR) is 110 cm³/mol. The summed E-state index contributed by atoms with van der Waals surface area (Å²) < 4.78 is 11.2. The number of ether oxygens (including phenoxy) is 2. The molecule has 1 N–H and O–H groups in total. The van der Waals surface area contributed by atoms with Gasteiger partial charge in [-0.25, -0.2) is 0 Å². The van der Waals surface area contributed by atoms with Gasteiger partial charge in [0.2, 0.25) is 0 Å². The number of carbonyl (C=O) groups is 1. The average Bonchev–Trinajstić information content (AvgIpc) is 2.68. The Morgan fingerprint density at radius 1 is 1.33 bits per heavy atom. The molecule has 0 atom stereocenters. The van der Waals surface area contributed by atoms with Crippen molar-refractivity contribution >= 4 is 39.2 Å². The molecule has 0 saturated carbocycles. The Balaban J connectivity index is 1.85. The third-order valence-electron chi connectivity index (χ3n) is 4.16. The van der Waals surface area contributed by atoms with E-state index in [4.69, 9.17) is 27.0 Å². The van der Waals surface area contributed by atoms with Gasteiger partial charge >= 0.3 is 0 Å². The van der Waals surface area contributed by atoms with Crippen molar-refractivity contribution in [3.8, 4) is 11.8 Å². The summed E-state index contributed by atoms with van der Waals surface area (Å²) in [7, 11) is 1.61. The number of rotatable bonds is 7. The van der Waals surface area contributed by atoms with Gasteiger partial charge in [0.1, 0.15) is 12.4 Å². The molecule has 1 aromatic rings. The molecule has 1 fully saturated rings. The molecule has 1 amide bonds. The number of halogens is 1. The Morgan fingerprint density at radius 2 is 2.07 bits per heavy atom. The highest BCUT2D eigenvalue weighted by Gasteiger charge is 2.20. The van der Waals surface area contributed by atoms with Crippen molar-refractivity contribution < 1.29 is 14.3 Å². The van der Waals surface area contributed by atoms with E-state index in [-0.39, 0.29) is 5.91 Å². The zero-order chi connectivity index (χ0) is 19.6. The standard InChI is InChI=1S/C18H23BrN4O3S/c1-25-11-12-26-16-4-3-14(13-15(16)19)17(24)21-18(27)23-9-7-22(8-10-23)6-2-5-20/h3-4,13H,2,6-12H2,1H3,(H,21,24,27). The molecule has 146 valence electrons. The van der Waals surface area contributed by atoms with Crippen LogP contribution in [0.15, 0.2) is 22.7 Å². The number of nitrogens with one attached hydrogen (secondary N) is 1. The molecule has 0 aliphatic carbocycles. The minimum Gasteiger partial charge on any atom is -0.490 e. The van der Waals surface area contributed by atoms with Crippen LogP contribution in [0.5, 0.6) is 5.75 Å². The minimum absolute atomic E-state index is 0.254. The quantitative estimate of drug-likeness (QED) is 0.498. The molecule has 0 radical (unpaired) electrons. The van der Waals surface area contributed by atoms with Gasteiger partial charge < -0.3 is 14.4 Å². The third kappa shape index (κ3) is 6.74. The van der Waals surface area contributed by atoms with Gasteiger partial charge in [-0.15, -0.1) is 0 Å². The Labute approximate surface area is 173 Å². The lowest BCUT2D eigenvalue weighted by atomic mass is 10.2. The van der Waals surface area contributed by atoms with E-state index in [0.29, 0.717) is 40.5 Å². The molecule has 1 aliphatic heterocycles. The van der Waals surface area contributed by atoms with Gasteiger partial charge in [-0.2, -0.15) is 5.26 Å². The third-order valence-corrected chi connectivity index (χ3v) is 5.14. The van der Waals surface area contributed by atoms with Crippen molar-refractivity contribution in [3.05, 3.63) is 28.2 Å². The molecule has 0 spiro atoms. The normalized spacial score (nSPS) is 14.5. The van der Waals surface area contributed by atoms with Gasteiger partial charge in [0.15, 0.2) is 5.11 Å². The van der Waals surface area contributed by atoms with Crippen LogP contribution < -0.4 is 10.1 Å². The van der Waals surface area contributed by atoms with Crippen molar-refractivity contribution in [1.29, 1.82) is 5.26 Å². The summed E-state index contributed by atoms with van der Waals surface area (Å²) >= 11 is 8.80. The molecule has 2 rings (SSSR count). The summed E-state index contributed by atoms with van der Waals surface area (Å²) in [6, 6.07) is 7.31. The van der Waals surface area contributed by atoms with E-state index >= 15 is 0 Å². The molecule has 0 aromatic heterocycles. The van der Waals surface area contributed by atoms with E-state index < -0.39 is 0 Å². The second-order valence-electron chi connectivity index (χ2n) is 5.98. The number of benzene rings is 1. The van der Waals surface area contributed by atoms with E-state index in [1.807, 2.05) is 4.90 Å². The number of nitriles is 1. The van der Waals surface area contributed by atoms with E-state index in [1.54, 1.807) is 25.3 Å². The number of hydrogen-bond donors (Lipinski definition) is 1. The summed E-state index contributed by atoms with van der Waals surface area (Å²) in [4.78, 5) is 16.7. The van der Waals surface area contributed by atoms with Gasteiger partial charge in [-0.1, -0.05) is 0 Å². The van der Waals surface area contributed by atoms with Crippen LogP contribution in [0.4, 0.5) is 0 Å². The summed E-state index contributed by atoms with van der Waals surface area (Å²) in [5.41, 5.74) is 0.496. The van der Waals surface area contributed by atoms with Crippen LogP contribution in [-0.4, -0.2) is 73.9 Å². The highest BCUT2D eigenvalue weighted by Crippen LogP contribution is 2.26. The largest absolute Gasteiger partial charge is 0.490 e. The maximum atomic E-state index is 12.5.